The van der Waals surface area contributed by atoms with Gasteiger partial charge in [0.15, 0.2) is 0 Å². The average molecular weight is 238 g/mol. The zero-order valence-corrected chi connectivity index (χ0v) is 10.2. The van der Waals surface area contributed by atoms with E-state index in [2.05, 4.69) is 19.6 Å². The van der Waals surface area contributed by atoms with Gasteiger partial charge in [-0.25, -0.2) is 4.98 Å². The minimum Gasteiger partial charge on any atom is -0.344 e. The molecule has 2 heterocycles. The molecular weight excluding hydrogens is 220 g/mol. The molecule has 1 saturated heterocycles. The lowest BCUT2D eigenvalue weighted by molar-refractivity contribution is 0.372. The maximum absolute atomic E-state index is 4.36. The van der Waals surface area contributed by atoms with Gasteiger partial charge < -0.3 is 10.2 Å². The highest BCUT2D eigenvalue weighted by Crippen LogP contribution is 2.33. The van der Waals surface area contributed by atoms with Crippen LogP contribution in [0.1, 0.15) is 25.7 Å². The summed E-state index contributed by atoms with van der Waals surface area (Å²) in [6, 6.07) is 0.753. The first-order chi connectivity index (χ1) is 7.93. The molecule has 4 nitrogen and oxygen atoms in total. The Labute approximate surface area is 100 Å². The fraction of sp³-hybridized carbons (Fsp3) is 0.818. The van der Waals surface area contributed by atoms with Crippen molar-refractivity contribution in [1.82, 2.24) is 14.7 Å². The van der Waals surface area contributed by atoms with Crippen LogP contribution in [0.4, 0.5) is 5.13 Å². The zero-order valence-electron chi connectivity index (χ0n) is 9.43. The number of hydrogen-bond acceptors (Lipinski definition) is 5. The molecule has 2 aliphatic rings. The molecule has 1 aliphatic carbocycles. The summed E-state index contributed by atoms with van der Waals surface area (Å²) in [7, 11) is 0. The second-order valence-corrected chi connectivity index (χ2v) is 5.56. The predicted octanol–water partition coefficient (Wildman–Crippen LogP) is 1.51. The highest BCUT2D eigenvalue weighted by atomic mass is 32.1. The van der Waals surface area contributed by atoms with Crippen LogP contribution in [0.5, 0.6) is 0 Å². The molecule has 3 rings (SSSR count). The van der Waals surface area contributed by atoms with Crippen LogP contribution in [0.25, 0.3) is 0 Å². The van der Waals surface area contributed by atoms with Crippen LogP contribution in [0, 0.1) is 5.92 Å². The second-order valence-electron chi connectivity index (χ2n) is 4.80. The third kappa shape index (κ3) is 2.35. The predicted molar refractivity (Wildman–Crippen MR) is 65.9 cm³/mol. The molecule has 0 radical (unpaired) electrons. The van der Waals surface area contributed by atoms with Crippen LogP contribution in [0.2, 0.25) is 0 Å². The van der Waals surface area contributed by atoms with Crippen molar-refractivity contribution in [3.63, 3.8) is 0 Å². The van der Waals surface area contributed by atoms with Crippen molar-refractivity contribution in [2.24, 2.45) is 5.92 Å². The third-order valence-corrected chi connectivity index (χ3v) is 4.20. The van der Waals surface area contributed by atoms with Crippen molar-refractivity contribution in [3.05, 3.63) is 6.33 Å². The van der Waals surface area contributed by atoms with E-state index in [0.717, 1.165) is 17.1 Å². The lowest BCUT2D eigenvalue weighted by atomic mass is 9.97. The van der Waals surface area contributed by atoms with E-state index in [9.17, 15) is 0 Å². The number of aromatic nitrogens is 2. The van der Waals surface area contributed by atoms with E-state index in [4.69, 9.17) is 0 Å². The summed E-state index contributed by atoms with van der Waals surface area (Å²) in [5.74, 6) is 0.839. The largest absolute Gasteiger partial charge is 0.344 e. The number of nitrogens with zero attached hydrogens (tertiary/aromatic N) is 3. The first-order valence-corrected chi connectivity index (χ1v) is 6.95. The van der Waals surface area contributed by atoms with Gasteiger partial charge in [-0.2, -0.15) is 4.37 Å². The molecule has 1 aromatic heterocycles. The normalized spacial score (nSPS) is 22.2. The Morgan fingerprint density at radius 3 is 2.75 bits per heavy atom. The summed E-state index contributed by atoms with van der Waals surface area (Å²) in [6.07, 6.45) is 6.97. The lowest BCUT2D eigenvalue weighted by Crippen LogP contribution is -2.37. The zero-order chi connectivity index (χ0) is 10.8. The highest BCUT2D eigenvalue weighted by molar-refractivity contribution is 7.09. The standard InChI is InChI=1S/C11H18N4S/c1-2-10(1)15(11-13-8-14-16-11)7-9-3-5-12-6-4-9/h8-10,12H,1-7H2. The number of anilines is 1. The highest BCUT2D eigenvalue weighted by Gasteiger charge is 2.32. The molecule has 1 aromatic rings. The molecule has 0 atom stereocenters. The average Bonchev–Trinajstić information content (AvgIpc) is 3.02. The van der Waals surface area contributed by atoms with E-state index in [1.807, 2.05) is 0 Å². The molecule has 0 aromatic carbocycles. The topological polar surface area (TPSA) is 41.1 Å². The van der Waals surface area contributed by atoms with E-state index >= 15 is 0 Å². The van der Waals surface area contributed by atoms with Crippen molar-refractivity contribution < 1.29 is 0 Å². The van der Waals surface area contributed by atoms with Gasteiger partial charge in [0, 0.05) is 24.1 Å². The van der Waals surface area contributed by atoms with E-state index in [-0.39, 0.29) is 0 Å². The molecule has 16 heavy (non-hydrogen) atoms. The summed E-state index contributed by atoms with van der Waals surface area (Å²) >= 11 is 1.54. The molecule has 0 spiro atoms. The van der Waals surface area contributed by atoms with Crippen LogP contribution in [0.3, 0.4) is 0 Å². The number of piperidine rings is 1. The van der Waals surface area contributed by atoms with E-state index in [0.29, 0.717) is 0 Å². The Bertz CT molecular complexity index is 317. The Balaban J connectivity index is 1.64. The smallest absolute Gasteiger partial charge is 0.205 e. The van der Waals surface area contributed by atoms with E-state index in [1.54, 1.807) is 6.33 Å². The molecular formula is C11H18N4S. The van der Waals surface area contributed by atoms with Gasteiger partial charge in [0.25, 0.3) is 0 Å². The molecule has 0 unspecified atom stereocenters. The number of nitrogens with one attached hydrogen (secondary N) is 1. The van der Waals surface area contributed by atoms with Crippen molar-refractivity contribution in [3.8, 4) is 0 Å². The molecule has 0 amide bonds. The van der Waals surface area contributed by atoms with E-state index in [1.165, 1.54) is 56.9 Å². The van der Waals surface area contributed by atoms with Crippen LogP contribution < -0.4 is 10.2 Å². The Kier molecular flexibility index (Phi) is 3.06. The van der Waals surface area contributed by atoms with Gasteiger partial charge in [-0.3, -0.25) is 0 Å². The van der Waals surface area contributed by atoms with Gasteiger partial charge in [-0.05, 0) is 44.7 Å². The van der Waals surface area contributed by atoms with Crippen molar-refractivity contribution >= 4 is 16.7 Å². The Morgan fingerprint density at radius 2 is 2.12 bits per heavy atom. The fourth-order valence-electron chi connectivity index (χ4n) is 2.41. The summed E-state index contributed by atoms with van der Waals surface area (Å²) in [6.45, 7) is 3.54. The molecule has 1 N–H and O–H groups in total. The summed E-state index contributed by atoms with van der Waals surface area (Å²) < 4.78 is 4.12. The lowest BCUT2D eigenvalue weighted by Gasteiger charge is -2.29. The van der Waals surface area contributed by atoms with Gasteiger partial charge in [0.1, 0.15) is 6.33 Å². The van der Waals surface area contributed by atoms with Crippen LogP contribution >= 0.6 is 11.5 Å². The fourth-order valence-corrected chi connectivity index (χ4v) is 3.02. The Morgan fingerprint density at radius 1 is 1.31 bits per heavy atom. The maximum atomic E-state index is 4.36. The van der Waals surface area contributed by atoms with Gasteiger partial charge in [0.2, 0.25) is 5.13 Å². The Hall–Kier alpha value is -0.680. The number of hydrogen-bond donors (Lipinski definition) is 1. The summed E-state index contributed by atoms with van der Waals surface area (Å²) in [5.41, 5.74) is 0. The minimum atomic E-state index is 0.753. The second kappa shape index (κ2) is 4.67. The van der Waals surface area contributed by atoms with Gasteiger partial charge in [-0.1, -0.05) is 0 Å². The van der Waals surface area contributed by atoms with Crippen molar-refractivity contribution in [2.45, 2.75) is 31.7 Å². The number of rotatable bonds is 4. The van der Waals surface area contributed by atoms with Crippen molar-refractivity contribution in [2.75, 3.05) is 24.5 Å². The first-order valence-electron chi connectivity index (χ1n) is 6.17. The van der Waals surface area contributed by atoms with Gasteiger partial charge in [-0.15, -0.1) is 0 Å². The van der Waals surface area contributed by atoms with Crippen LogP contribution in [-0.2, 0) is 0 Å². The minimum absolute atomic E-state index is 0.753. The summed E-state index contributed by atoms with van der Waals surface area (Å²) in [5, 5.41) is 4.55. The monoisotopic (exact) mass is 238 g/mol. The van der Waals surface area contributed by atoms with Crippen molar-refractivity contribution in [1.29, 1.82) is 0 Å². The molecule has 1 aliphatic heterocycles. The van der Waals surface area contributed by atoms with Gasteiger partial charge >= 0.3 is 0 Å². The molecule has 2 fully saturated rings. The molecule has 0 bridgehead atoms. The van der Waals surface area contributed by atoms with Gasteiger partial charge in [0.05, 0.1) is 0 Å². The van der Waals surface area contributed by atoms with Crippen LogP contribution in [0.15, 0.2) is 6.33 Å². The molecule has 88 valence electrons. The maximum Gasteiger partial charge on any atom is 0.205 e. The molecule has 1 saturated carbocycles. The quantitative estimate of drug-likeness (QED) is 0.863. The van der Waals surface area contributed by atoms with Crippen LogP contribution in [-0.4, -0.2) is 35.0 Å². The van der Waals surface area contributed by atoms with E-state index < -0.39 is 0 Å². The SMILES string of the molecule is c1nsc(N(CC2CCNCC2)C2CC2)n1. The molecule has 5 heteroatoms. The first kappa shape index (κ1) is 10.5. The third-order valence-electron chi connectivity index (χ3n) is 3.50. The summed E-state index contributed by atoms with van der Waals surface area (Å²) in [4.78, 5) is 6.85.